The second kappa shape index (κ2) is 12.6. The molecule has 0 saturated heterocycles. The van der Waals surface area contributed by atoms with E-state index in [0.29, 0.717) is 24.2 Å². The van der Waals surface area contributed by atoms with Crippen molar-refractivity contribution in [1.29, 1.82) is 0 Å². The number of hydrogen-bond donors (Lipinski definition) is 2. The van der Waals surface area contributed by atoms with Crippen LogP contribution in [0.5, 0.6) is 0 Å². The number of aliphatic hydroxyl groups excluding tert-OH is 1. The molecule has 2 aromatic carbocycles. The van der Waals surface area contributed by atoms with Crippen molar-refractivity contribution in [3.63, 3.8) is 0 Å². The second-order valence-electron chi connectivity index (χ2n) is 6.53. The van der Waals surface area contributed by atoms with E-state index in [0.717, 1.165) is 11.3 Å². The molecule has 4 nitrogen and oxygen atoms in total. The smallest absolute Gasteiger partial charge is 0.224 e. The number of thioether (sulfide) groups is 2. The Kier molecular flexibility index (Phi) is 10.2. The lowest BCUT2D eigenvalue weighted by Crippen LogP contribution is -2.38. The van der Waals surface area contributed by atoms with Crippen LogP contribution in [0.15, 0.2) is 60.7 Å². The van der Waals surface area contributed by atoms with E-state index in [4.69, 9.17) is 0 Å². The molecule has 0 unspecified atom stereocenters. The molecule has 0 spiro atoms. The lowest BCUT2D eigenvalue weighted by atomic mass is 10.00. The summed E-state index contributed by atoms with van der Waals surface area (Å²) in [5.41, 5.74) is 1.69. The van der Waals surface area contributed by atoms with E-state index in [1.54, 1.807) is 23.9 Å². The van der Waals surface area contributed by atoms with Gasteiger partial charge in [0, 0.05) is 17.9 Å². The Morgan fingerprint density at radius 3 is 2.32 bits per heavy atom. The van der Waals surface area contributed by atoms with Gasteiger partial charge in [0.05, 0.1) is 12.0 Å². The summed E-state index contributed by atoms with van der Waals surface area (Å²) < 4.78 is 0. The van der Waals surface area contributed by atoms with Crippen molar-refractivity contribution in [2.45, 2.75) is 18.9 Å². The van der Waals surface area contributed by atoms with Crippen molar-refractivity contribution in [3.05, 3.63) is 71.8 Å². The minimum absolute atomic E-state index is 0.0357. The lowest BCUT2D eigenvalue weighted by molar-refractivity contribution is -0.124. The molecule has 0 bridgehead atoms. The third-order valence-electron chi connectivity index (χ3n) is 4.29. The molecule has 0 radical (unpaired) electrons. The van der Waals surface area contributed by atoms with E-state index in [1.165, 1.54) is 11.8 Å². The zero-order valence-corrected chi connectivity index (χ0v) is 17.7. The standard InChI is InChI=1S/C22H27NO3S2/c1-27-13-12-20(24)15-23-21(25)19(14-17-8-4-2-5-9-17)16-28-22(26)18-10-6-3-7-11-18/h2-11,19-20,24H,12-16H2,1H3,(H,23,25)/t19-,20+/m0/s1. The van der Waals surface area contributed by atoms with Crippen LogP contribution in [0.4, 0.5) is 0 Å². The van der Waals surface area contributed by atoms with E-state index in [1.807, 2.05) is 54.8 Å². The van der Waals surface area contributed by atoms with E-state index in [2.05, 4.69) is 5.32 Å². The molecule has 2 aromatic rings. The van der Waals surface area contributed by atoms with Crippen molar-refractivity contribution in [1.82, 2.24) is 5.32 Å². The van der Waals surface area contributed by atoms with Gasteiger partial charge < -0.3 is 10.4 Å². The number of aliphatic hydroxyl groups is 1. The van der Waals surface area contributed by atoms with Crippen molar-refractivity contribution in [3.8, 4) is 0 Å². The van der Waals surface area contributed by atoms with Crippen LogP contribution in [0.2, 0.25) is 0 Å². The van der Waals surface area contributed by atoms with Gasteiger partial charge in [-0.25, -0.2) is 0 Å². The number of carbonyl (C=O) groups excluding carboxylic acids is 2. The minimum Gasteiger partial charge on any atom is -0.391 e. The normalized spacial score (nSPS) is 12.9. The molecule has 0 aromatic heterocycles. The molecule has 0 saturated carbocycles. The van der Waals surface area contributed by atoms with Gasteiger partial charge in [-0.05, 0) is 30.4 Å². The zero-order valence-electron chi connectivity index (χ0n) is 16.0. The number of nitrogens with one attached hydrogen (secondary N) is 1. The zero-order chi connectivity index (χ0) is 20.2. The Morgan fingerprint density at radius 1 is 1.04 bits per heavy atom. The van der Waals surface area contributed by atoms with Crippen molar-refractivity contribution >= 4 is 34.5 Å². The molecule has 0 aliphatic rings. The Bertz CT molecular complexity index is 725. The van der Waals surface area contributed by atoms with Gasteiger partial charge in [-0.1, -0.05) is 72.4 Å². The maximum absolute atomic E-state index is 12.7. The number of benzene rings is 2. The van der Waals surface area contributed by atoms with Crippen molar-refractivity contribution < 1.29 is 14.7 Å². The fourth-order valence-electron chi connectivity index (χ4n) is 2.68. The third kappa shape index (κ3) is 8.09. The monoisotopic (exact) mass is 417 g/mol. The quantitative estimate of drug-likeness (QED) is 0.584. The van der Waals surface area contributed by atoms with Crippen LogP contribution in [-0.2, 0) is 11.2 Å². The summed E-state index contributed by atoms with van der Waals surface area (Å²) in [6, 6.07) is 18.9. The first-order valence-corrected chi connectivity index (χ1v) is 11.7. The van der Waals surface area contributed by atoms with Gasteiger partial charge in [-0.15, -0.1) is 0 Å². The van der Waals surface area contributed by atoms with E-state index < -0.39 is 6.10 Å². The lowest BCUT2D eigenvalue weighted by Gasteiger charge is -2.18. The molecular weight excluding hydrogens is 390 g/mol. The predicted octanol–water partition coefficient (Wildman–Crippen LogP) is 3.65. The van der Waals surface area contributed by atoms with Crippen LogP contribution in [0.1, 0.15) is 22.3 Å². The summed E-state index contributed by atoms with van der Waals surface area (Å²) in [7, 11) is 0. The minimum atomic E-state index is -0.549. The van der Waals surface area contributed by atoms with Crippen LogP contribution in [0.25, 0.3) is 0 Å². The molecule has 0 heterocycles. The molecule has 0 fully saturated rings. The summed E-state index contributed by atoms with van der Waals surface area (Å²) in [6.07, 6.45) is 2.64. The fourth-order valence-corrected chi connectivity index (χ4v) is 4.11. The molecule has 6 heteroatoms. The topological polar surface area (TPSA) is 66.4 Å². The van der Waals surface area contributed by atoms with Gasteiger partial charge in [-0.2, -0.15) is 11.8 Å². The molecule has 0 aliphatic heterocycles. The first kappa shape index (κ1) is 22.5. The Morgan fingerprint density at radius 2 is 1.68 bits per heavy atom. The molecule has 2 N–H and O–H groups in total. The first-order chi connectivity index (χ1) is 13.6. The Balaban J connectivity index is 1.96. The summed E-state index contributed by atoms with van der Waals surface area (Å²) in [5.74, 6) is 0.787. The molecule has 2 atom stereocenters. The molecule has 2 rings (SSSR count). The van der Waals surface area contributed by atoms with Crippen LogP contribution in [0, 0.1) is 5.92 Å². The molecule has 1 amide bonds. The molecule has 150 valence electrons. The third-order valence-corrected chi connectivity index (χ3v) is 6.00. The Hall–Kier alpha value is -1.76. The summed E-state index contributed by atoms with van der Waals surface area (Å²) in [6.45, 7) is 0.238. The maximum atomic E-state index is 12.7. The molecular formula is C22H27NO3S2. The second-order valence-corrected chi connectivity index (χ2v) is 8.51. The van der Waals surface area contributed by atoms with Gasteiger partial charge in [0.15, 0.2) is 0 Å². The van der Waals surface area contributed by atoms with E-state index in [9.17, 15) is 14.7 Å². The fraction of sp³-hybridized carbons (Fsp3) is 0.364. The highest BCUT2D eigenvalue weighted by Crippen LogP contribution is 2.19. The van der Waals surface area contributed by atoms with Crippen LogP contribution < -0.4 is 5.32 Å². The highest BCUT2D eigenvalue weighted by molar-refractivity contribution is 8.14. The van der Waals surface area contributed by atoms with E-state index >= 15 is 0 Å². The number of rotatable bonds is 11. The van der Waals surface area contributed by atoms with Crippen LogP contribution in [0.3, 0.4) is 0 Å². The SMILES string of the molecule is CSCC[C@@H](O)CNC(=O)[C@H](CSC(=O)c1ccccc1)Cc1ccccc1. The summed E-state index contributed by atoms with van der Waals surface area (Å²) >= 11 is 2.84. The number of amides is 1. The van der Waals surface area contributed by atoms with Gasteiger partial charge in [0.1, 0.15) is 0 Å². The first-order valence-electron chi connectivity index (χ1n) is 9.31. The van der Waals surface area contributed by atoms with Crippen LogP contribution >= 0.6 is 23.5 Å². The van der Waals surface area contributed by atoms with Gasteiger partial charge in [0.2, 0.25) is 11.0 Å². The maximum Gasteiger partial charge on any atom is 0.224 e. The van der Waals surface area contributed by atoms with E-state index in [-0.39, 0.29) is 23.5 Å². The summed E-state index contributed by atoms with van der Waals surface area (Å²) in [5, 5.41) is 12.8. The highest BCUT2D eigenvalue weighted by atomic mass is 32.2. The predicted molar refractivity (Wildman–Crippen MR) is 119 cm³/mol. The van der Waals surface area contributed by atoms with Gasteiger partial charge >= 0.3 is 0 Å². The average Bonchev–Trinajstić information content (AvgIpc) is 2.74. The van der Waals surface area contributed by atoms with Crippen LogP contribution in [-0.4, -0.2) is 46.5 Å². The summed E-state index contributed by atoms with van der Waals surface area (Å²) in [4.78, 5) is 25.1. The van der Waals surface area contributed by atoms with Gasteiger partial charge in [-0.3, -0.25) is 9.59 Å². The molecule has 0 aliphatic carbocycles. The Labute approximate surface area is 175 Å². The van der Waals surface area contributed by atoms with Crippen molar-refractivity contribution in [2.75, 3.05) is 24.3 Å². The highest BCUT2D eigenvalue weighted by Gasteiger charge is 2.21. The number of hydrogen-bond acceptors (Lipinski definition) is 5. The molecule has 28 heavy (non-hydrogen) atoms. The largest absolute Gasteiger partial charge is 0.391 e. The van der Waals surface area contributed by atoms with Crippen molar-refractivity contribution in [2.24, 2.45) is 5.92 Å². The average molecular weight is 418 g/mol. The number of carbonyl (C=O) groups is 2. The van der Waals surface area contributed by atoms with Gasteiger partial charge in [0.25, 0.3) is 0 Å².